The number of aromatic nitrogens is 4. The molecule has 5 N–H and O–H groups in total. The monoisotopic (exact) mass is 1180 g/mol. The van der Waals surface area contributed by atoms with Crippen LogP contribution in [0.5, 0.6) is 0 Å². The Bertz CT molecular complexity index is 3690. The molecule has 20 nitrogen and oxygen atoms in total. The van der Waals surface area contributed by atoms with Crippen LogP contribution >= 0.6 is 31.1 Å². The Morgan fingerprint density at radius 2 is 1.25 bits per heavy atom. The van der Waals surface area contributed by atoms with Gasteiger partial charge in [0.25, 0.3) is 5.56 Å². The number of aromatic amines is 1. The van der Waals surface area contributed by atoms with Crippen molar-refractivity contribution in [1.29, 1.82) is 0 Å². The summed E-state index contributed by atoms with van der Waals surface area (Å²) < 4.78 is 33.6. The summed E-state index contributed by atoms with van der Waals surface area (Å²) in [5, 5.41) is 13.1. The number of pyridine rings is 2. The Morgan fingerprint density at radius 1 is 0.747 bits per heavy atom. The Morgan fingerprint density at radius 3 is 1.78 bits per heavy atom. The summed E-state index contributed by atoms with van der Waals surface area (Å²) in [4.78, 5) is 87.2. The number of methoxy groups -OCH3 is 1. The van der Waals surface area contributed by atoms with Crippen LogP contribution in [0.4, 0.5) is 11.4 Å². The van der Waals surface area contributed by atoms with Gasteiger partial charge in [-0.25, -0.2) is 13.9 Å². The number of hydrogen-bond donors (Lipinski definition) is 5. The number of aryl methyl sites for hydroxylation is 2. The van der Waals surface area contributed by atoms with Crippen LogP contribution < -0.4 is 46.1 Å². The molecule has 0 bridgehead atoms. The van der Waals surface area contributed by atoms with Crippen molar-refractivity contribution in [2.45, 2.75) is 34.6 Å². The van der Waals surface area contributed by atoms with E-state index in [0.29, 0.717) is 19.6 Å². The number of carbonyl (C=O) groups excluding carboxylic acids is 3. The van der Waals surface area contributed by atoms with Crippen LogP contribution in [0.25, 0.3) is 40.0 Å². The minimum Gasteiger partial charge on any atom is -0.378 e. The number of fused-ring (bicyclic) bond motifs is 4. The molecule has 6 heterocycles. The summed E-state index contributed by atoms with van der Waals surface area (Å²) in [7, 11) is 1.66. The molecule has 3 aliphatic heterocycles. The van der Waals surface area contributed by atoms with Crippen LogP contribution in [0, 0.1) is 0 Å². The van der Waals surface area contributed by atoms with E-state index >= 15 is 0 Å². The van der Waals surface area contributed by atoms with Crippen molar-refractivity contribution in [2.75, 3.05) is 82.5 Å². The van der Waals surface area contributed by atoms with Crippen molar-refractivity contribution in [3.05, 3.63) is 181 Å². The van der Waals surface area contributed by atoms with E-state index in [2.05, 4.69) is 90.8 Å². The number of carbonyl (C=O) groups is 3. The van der Waals surface area contributed by atoms with Crippen molar-refractivity contribution >= 4 is 100 Å². The average molecular weight is 1180 g/mol. The SMILES string of the molecule is COC1CC(n2cc(/C=C/C(=O)NCCN(CCNC(=O)CN3/C(=C/c4cc[n+](C)c5ccccc45)Sc4ccccc43)CCNC(=O)CN3/C(=C/c4cc[n+](C)c5ccccc45)Sc4ccccc43)c(=O)[nH]c2=O)OC1COP(C)(=O)O. The molecule has 10 rings (SSSR count). The van der Waals surface area contributed by atoms with E-state index < -0.39 is 43.2 Å². The highest BCUT2D eigenvalue weighted by Crippen LogP contribution is 2.48. The van der Waals surface area contributed by atoms with Crippen LogP contribution in [-0.2, 0) is 47.0 Å². The van der Waals surface area contributed by atoms with Crippen molar-refractivity contribution in [3.8, 4) is 0 Å². The molecule has 4 aromatic carbocycles. The maximum atomic E-state index is 13.9. The first kappa shape index (κ1) is 58.5. The van der Waals surface area contributed by atoms with Gasteiger partial charge in [-0.1, -0.05) is 72.1 Å². The third-order valence-corrected chi connectivity index (χ3v) is 17.3. The van der Waals surface area contributed by atoms with Gasteiger partial charge in [-0.2, -0.15) is 0 Å². The Hall–Kier alpha value is -7.66. The number of nitrogens with one attached hydrogen (secondary N) is 4. The van der Waals surface area contributed by atoms with Gasteiger partial charge in [-0.3, -0.25) is 38.2 Å². The van der Waals surface area contributed by atoms with E-state index in [9.17, 15) is 33.4 Å². The fraction of sp³-hybridized carbons (Fsp3) is 0.283. The molecule has 0 saturated carbocycles. The average Bonchev–Trinajstić information content (AvgIpc) is 3.33. The lowest BCUT2D eigenvalue weighted by atomic mass is 10.1. The van der Waals surface area contributed by atoms with Gasteiger partial charge in [-0.05, 0) is 65.8 Å². The molecule has 1 fully saturated rings. The number of thioether (sulfide) groups is 2. The Kier molecular flexibility index (Phi) is 18.5. The predicted molar refractivity (Wildman–Crippen MR) is 322 cm³/mol. The summed E-state index contributed by atoms with van der Waals surface area (Å²) in [5.74, 6) is -0.880. The van der Waals surface area contributed by atoms with Crippen molar-refractivity contribution in [3.63, 3.8) is 0 Å². The van der Waals surface area contributed by atoms with Crippen molar-refractivity contribution in [2.24, 2.45) is 14.1 Å². The number of nitrogens with zero attached hydrogens (tertiary/aromatic N) is 6. The number of ether oxygens (including phenoxy) is 2. The standard InChI is InChI=1S/C60H63N10O10PS2/c1-65-28-23-40(43-13-5-7-15-45(43)65)33-57-68(47-17-9-11-19-51(47)82-57)37-54(72)62-26-31-67(30-25-61-53(71)22-21-42-36-70(60(75)64-59(42)74)56-35-49(78-3)50(80-56)39-79-81(4,76)77)32-27-63-55(73)38-69-48-18-10-12-20-52(48)83-58(69)34-41-24-29-66(2)46-16-8-6-14-44(41)46/h5-24,28-29,33-34,36,49-50,56H,25-27,30-32,35,37-39H2,1-4H3,(H3-2,61,62,63,64,71,72,73,74,75,76,77)/p+2/b22-21+. The van der Waals surface area contributed by atoms with E-state index in [1.165, 1.54) is 30.0 Å². The second-order valence-electron chi connectivity index (χ2n) is 20.2. The molecule has 4 atom stereocenters. The Balaban J connectivity index is 0.802. The maximum absolute atomic E-state index is 13.9. The lowest BCUT2D eigenvalue weighted by Crippen LogP contribution is -2.45. The summed E-state index contributed by atoms with van der Waals surface area (Å²) in [6, 6.07) is 36.6. The van der Waals surface area contributed by atoms with Gasteiger partial charge in [-0.15, -0.1) is 0 Å². The molecule has 7 aromatic rings. The number of H-pyrrole nitrogens is 1. The van der Waals surface area contributed by atoms with Crippen molar-refractivity contribution in [1.82, 2.24) is 30.4 Å². The van der Waals surface area contributed by atoms with Crippen LogP contribution in [0.2, 0.25) is 0 Å². The molecule has 3 aromatic heterocycles. The second-order valence-corrected chi connectivity index (χ2v) is 24.2. The molecule has 1 saturated heterocycles. The van der Waals surface area contributed by atoms with Crippen LogP contribution in [0.15, 0.2) is 163 Å². The summed E-state index contributed by atoms with van der Waals surface area (Å²) in [6.07, 6.45) is 9.99. The van der Waals surface area contributed by atoms with Gasteiger partial charge >= 0.3 is 13.3 Å². The Labute approximate surface area is 488 Å². The molecule has 83 heavy (non-hydrogen) atoms. The fourth-order valence-corrected chi connectivity index (χ4v) is 12.9. The third kappa shape index (κ3) is 14.2. The number of para-hydroxylation sites is 4. The molecule has 3 amide bonds. The highest BCUT2D eigenvalue weighted by Gasteiger charge is 2.38. The van der Waals surface area contributed by atoms with Gasteiger partial charge in [0.1, 0.15) is 39.5 Å². The zero-order chi connectivity index (χ0) is 58.2. The molecule has 0 aliphatic carbocycles. The summed E-state index contributed by atoms with van der Waals surface area (Å²) >= 11 is 3.23. The number of rotatable bonds is 22. The number of anilines is 2. The van der Waals surface area contributed by atoms with Gasteiger partial charge in [0, 0.05) is 106 Å². The topological polar surface area (TPSA) is 225 Å². The molecule has 0 spiro atoms. The molecule has 3 aliphatic rings. The molecule has 4 unspecified atom stereocenters. The van der Waals surface area contributed by atoms with Gasteiger partial charge in [0.05, 0.1) is 50.5 Å². The zero-order valence-electron chi connectivity index (χ0n) is 46.3. The number of amides is 3. The van der Waals surface area contributed by atoms with Crippen molar-refractivity contribution < 1.29 is 47.0 Å². The highest BCUT2D eigenvalue weighted by atomic mass is 32.2. The maximum Gasteiger partial charge on any atom is 0.330 e. The van der Waals surface area contributed by atoms with Crippen LogP contribution in [-0.4, -0.2) is 122 Å². The minimum atomic E-state index is -3.82. The van der Waals surface area contributed by atoms with Gasteiger partial charge < -0.3 is 44.6 Å². The lowest BCUT2D eigenvalue weighted by Gasteiger charge is -2.24. The summed E-state index contributed by atoms with van der Waals surface area (Å²) in [5.41, 5.74) is 4.65. The fourth-order valence-electron chi connectivity index (χ4n) is 10.3. The summed E-state index contributed by atoms with van der Waals surface area (Å²) in [6.45, 7) is 2.75. The van der Waals surface area contributed by atoms with E-state index in [1.54, 1.807) is 23.5 Å². The number of benzene rings is 4. The highest BCUT2D eigenvalue weighted by molar-refractivity contribution is 8.04. The quantitative estimate of drug-likeness (QED) is 0.0321. The van der Waals surface area contributed by atoms with Crippen LogP contribution in [0.1, 0.15) is 29.3 Å². The molecular weight excluding hydrogens is 1120 g/mol. The molecule has 23 heteroatoms. The molecule has 0 radical (unpaired) electrons. The minimum absolute atomic E-state index is 0.00118. The van der Waals surface area contributed by atoms with E-state index in [0.717, 1.165) is 70.8 Å². The smallest absolute Gasteiger partial charge is 0.330 e. The zero-order valence-corrected chi connectivity index (χ0v) is 48.8. The van der Waals surface area contributed by atoms with E-state index in [-0.39, 0.29) is 63.1 Å². The molecule has 430 valence electrons. The van der Waals surface area contributed by atoms with Gasteiger partial charge in [0.2, 0.25) is 28.8 Å². The number of hydrogen-bond acceptors (Lipinski definition) is 14. The lowest BCUT2D eigenvalue weighted by molar-refractivity contribution is -0.645. The first-order valence-electron chi connectivity index (χ1n) is 27.1. The first-order chi connectivity index (χ1) is 40.1. The van der Waals surface area contributed by atoms with Gasteiger partial charge in [0.15, 0.2) is 12.4 Å². The largest absolute Gasteiger partial charge is 0.378 e. The van der Waals surface area contributed by atoms with E-state index in [1.807, 2.05) is 102 Å². The molecular formula is C60H65N10O10PS2+2. The normalized spacial score (nSPS) is 18.4. The first-order valence-corrected chi connectivity index (χ1v) is 30.7. The predicted octanol–water partition coefficient (Wildman–Crippen LogP) is 5.51. The second kappa shape index (κ2) is 26.3. The van der Waals surface area contributed by atoms with Crippen LogP contribution in [0.3, 0.4) is 0 Å². The van der Waals surface area contributed by atoms with E-state index in [4.69, 9.17) is 14.0 Å². The third-order valence-electron chi connectivity index (χ3n) is 14.5.